The van der Waals surface area contributed by atoms with Crippen LogP contribution in [0.2, 0.25) is 0 Å². The van der Waals surface area contributed by atoms with Gasteiger partial charge in [-0.3, -0.25) is 10.2 Å². The van der Waals surface area contributed by atoms with E-state index in [0.717, 1.165) is 44.5 Å². The third kappa shape index (κ3) is 5.76. The molecule has 0 bridgehead atoms. The monoisotopic (exact) mass is 423 g/mol. The number of carbonyl (C=O) groups is 2. The molecule has 2 aliphatic rings. The molecule has 1 aliphatic carbocycles. The molecule has 1 saturated heterocycles. The van der Waals surface area contributed by atoms with E-state index in [4.69, 9.17) is 15.9 Å². The van der Waals surface area contributed by atoms with E-state index < -0.39 is 0 Å². The van der Waals surface area contributed by atoms with Crippen LogP contribution in [0.1, 0.15) is 31.2 Å². The van der Waals surface area contributed by atoms with E-state index in [9.17, 15) is 9.59 Å². The molecular weight excluding hydrogens is 394 g/mol. The average molecular weight is 424 g/mol. The maximum absolute atomic E-state index is 12.6. The molecule has 2 fully saturated rings. The number of amidine groups is 1. The van der Waals surface area contributed by atoms with Crippen LogP contribution in [-0.4, -0.2) is 62.1 Å². The van der Waals surface area contributed by atoms with Crippen LogP contribution in [-0.2, 0) is 9.53 Å². The van der Waals surface area contributed by atoms with Crippen molar-refractivity contribution in [2.75, 3.05) is 38.2 Å². The van der Waals surface area contributed by atoms with Gasteiger partial charge in [-0.15, -0.1) is 12.4 Å². The molecule has 8 nitrogen and oxygen atoms in total. The van der Waals surface area contributed by atoms with E-state index in [0.29, 0.717) is 18.7 Å². The third-order valence-corrected chi connectivity index (χ3v) is 5.70. The van der Waals surface area contributed by atoms with Crippen LogP contribution in [0.25, 0.3) is 0 Å². The van der Waals surface area contributed by atoms with Crippen LogP contribution in [0, 0.1) is 11.3 Å². The number of nitrogens with two attached hydrogens (primary N) is 1. The van der Waals surface area contributed by atoms with Gasteiger partial charge in [0, 0.05) is 43.5 Å². The lowest BCUT2D eigenvalue weighted by Crippen LogP contribution is -2.54. The molecule has 1 aromatic rings. The SMILES string of the molecule is COC(=O)C1CCC(NC(=O)N2CCN(c3ccc(C(=N)N)cc3)CC2)CC1.Cl. The number of nitrogens with one attached hydrogen (secondary N) is 2. The van der Waals surface area contributed by atoms with E-state index in [1.165, 1.54) is 7.11 Å². The Morgan fingerprint density at radius 2 is 1.66 bits per heavy atom. The van der Waals surface area contributed by atoms with Crippen LogP contribution in [0.15, 0.2) is 24.3 Å². The summed E-state index contributed by atoms with van der Waals surface area (Å²) in [6.45, 7) is 2.86. The zero-order valence-corrected chi connectivity index (χ0v) is 17.5. The molecule has 0 spiro atoms. The summed E-state index contributed by atoms with van der Waals surface area (Å²) < 4.78 is 4.81. The van der Waals surface area contributed by atoms with Crippen LogP contribution >= 0.6 is 12.4 Å². The summed E-state index contributed by atoms with van der Waals surface area (Å²) in [6, 6.07) is 7.74. The Morgan fingerprint density at radius 1 is 1.07 bits per heavy atom. The van der Waals surface area contributed by atoms with Gasteiger partial charge in [0.05, 0.1) is 13.0 Å². The second kappa shape index (κ2) is 10.3. The molecule has 0 aromatic heterocycles. The third-order valence-electron chi connectivity index (χ3n) is 5.70. The highest BCUT2D eigenvalue weighted by molar-refractivity contribution is 5.95. The molecule has 1 heterocycles. The second-order valence-electron chi connectivity index (χ2n) is 7.46. The number of benzene rings is 1. The number of hydrogen-bond donors (Lipinski definition) is 3. The molecular formula is C20H30ClN5O3. The number of nitrogen functional groups attached to an aromatic ring is 1. The molecule has 9 heteroatoms. The highest BCUT2D eigenvalue weighted by Crippen LogP contribution is 2.25. The molecule has 3 rings (SSSR count). The van der Waals surface area contributed by atoms with Crippen molar-refractivity contribution in [2.45, 2.75) is 31.7 Å². The van der Waals surface area contributed by atoms with Crippen molar-refractivity contribution in [1.29, 1.82) is 5.41 Å². The fourth-order valence-electron chi connectivity index (χ4n) is 3.93. The molecule has 1 aliphatic heterocycles. The first-order valence-electron chi connectivity index (χ1n) is 9.80. The van der Waals surface area contributed by atoms with E-state index in [-0.39, 0.29) is 42.2 Å². The van der Waals surface area contributed by atoms with Crippen molar-refractivity contribution in [1.82, 2.24) is 10.2 Å². The Balaban J connectivity index is 0.00000300. The van der Waals surface area contributed by atoms with Crippen molar-refractivity contribution < 1.29 is 14.3 Å². The lowest BCUT2D eigenvalue weighted by Gasteiger charge is -2.37. The highest BCUT2D eigenvalue weighted by Gasteiger charge is 2.29. The topological polar surface area (TPSA) is 112 Å². The van der Waals surface area contributed by atoms with Crippen molar-refractivity contribution in [3.05, 3.63) is 29.8 Å². The van der Waals surface area contributed by atoms with Gasteiger partial charge < -0.3 is 25.6 Å². The number of urea groups is 1. The zero-order chi connectivity index (χ0) is 20.1. The number of piperazine rings is 1. The Bertz CT molecular complexity index is 711. The van der Waals surface area contributed by atoms with Gasteiger partial charge in [0.15, 0.2) is 0 Å². The molecule has 0 radical (unpaired) electrons. The molecule has 0 atom stereocenters. The maximum Gasteiger partial charge on any atom is 0.317 e. The molecule has 1 saturated carbocycles. The molecule has 1 aromatic carbocycles. The Morgan fingerprint density at radius 3 is 2.17 bits per heavy atom. The van der Waals surface area contributed by atoms with Gasteiger partial charge in [-0.05, 0) is 49.9 Å². The lowest BCUT2D eigenvalue weighted by atomic mass is 9.86. The number of esters is 1. The van der Waals surface area contributed by atoms with Crippen molar-refractivity contribution >= 4 is 35.9 Å². The van der Waals surface area contributed by atoms with Crippen LogP contribution in [0.5, 0.6) is 0 Å². The van der Waals surface area contributed by atoms with Gasteiger partial charge in [-0.25, -0.2) is 4.79 Å². The average Bonchev–Trinajstić information content (AvgIpc) is 2.74. The fourth-order valence-corrected chi connectivity index (χ4v) is 3.93. The number of anilines is 1. The number of halogens is 1. The van der Waals surface area contributed by atoms with Crippen molar-refractivity contribution in [3.8, 4) is 0 Å². The van der Waals surface area contributed by atoms with Gasteiger partial charge >= 0.3 is 12.0 Å². The van der Waals surface area contributed by atoms with Gasteiger partial charge in [0.25, 0.3) is 0 Å². The highest BCUT2D eigenvalue weighted by atomic mass is 35.5. The van der Waals surface area contributed by atoms with Crippen molar-refractivity contribution in [2.24, 2.45) is 11.7 Å². The predicted octanol–water partition coefficient (Wildman–Crippen LogP) is 1.96. The minimum atomic E-state index is -0.141. The quantitative estimate of drug-likeness (QED) is 0.389. The largest absolute Gasteiger partial charge is 0.469 e. The Labute approximate surface area is 177 Å². The van der Waals surface area contributed by atoms with E-state index >= 15 is 0 Å². The minimum absolute atomic E-state index is 0. The summed E-state index contributed by atoms with van der Waals surface area (Å²) in [6.07, 6.45) is 3.16. The summed E-state index contributed by atoms with van der Waals surface area (Å²) in [7, 11) is 1.42. The molecule has 29 heavy (non-hydrogen) atoms. The zero-order valence-electron chi connectivity index (χ0n) is 16.7. The fraction of sp³-hybridized carbons (Fsp3) is 0.550. The standard InChI is InChI=1S/C20H29N5O3.ClH/c1-28-19(26)15-2-6-16(7-3-15)23-20(27)25-12-10-24(11-13-25)17-8-4-14(5-9-17)18(21)22;/h4-5,8-9,15-16H,2-3,6-7,10-13H2,1H3,(H3,21,22)(H,23,27);1H. The second-order valence-corrected chi connectivity index (χ2v) is 7.46. The van der Waals surface area contributed by atoms with Gasteiger partial charge in [-0.2, -0.15) is 0 Å². The van der Waals surface area contributed by atoms with Gasteiger partial charge in [0.1, 0.15) is 5.84 Å². The normalized spacial score (nSPS) is 21.7. The van der Waals surface area contributed by atoms with Crippen LogP contribution in [0.4, 0.5) is 10.5 Å². The smallest absolute Gasteiger partial charge is 0.317 e. The maximum atomic E-state index is 12.6. The van der Waals surface area contributed by atoms with E-state index in [1.54, 1.807) is 0 Å². The first-order chi connectivity index (χ1) is 13.5. The number of carbonyl (C=O) groups excluding carboxylic acids is 2. The number of amides is 2. The first kappa shape index (κ1) is 22.8. The minimum Gasteiger partial charge on any atom is -0.469 e. The van der Waals surface area contributed by atoms with E-state index in [1.807, 2.05) is 29.2 Å². The number of ether oxygens (including phenoxy) is 1. The number of hydrogen-bond acceptors (Lipinski definition) is 5. The van der Waals surface area contributed by atoms with Crippen LogP contribution < -0.4 is 16.0 Å². The summed E-state index contributed by atoms with van der Waals surface area (Å²) >= 11 is 0. The number of rotatable bonds is 4. The summed E-state index contributed by atoms with van der Waals surface area (Å²) in [5, 5.41) is 10.6. The number of methoxy groups -OCH3 is 1. The molecule has 160 valence electrons. The Hall–Kier alpha value is -2.48. The Kier molecular flexibility index (Phi) is 8.13. The van der Waals surface area contributed by atoms with Gasteiger partial charge in [-0.1, -0.05) is 0 Å². The van der Waals surface area contributed by atoms with Gasteiger partial charge in [0.2, 0.25) is 0 Å². The summed E-state index contributed by atoms with van der Waals surface area (Å²) in [5.41, 5.74) is 7.28. The summed E-state index contributed by atoms with van der Waals surface area (Å²) in [4.78, 5) is 28.3. The first-order valence-corrected chi connectivity index (χ1v) is 9.80. The van der Waals surface area contributed by atoms with Crippen molar-refractivity contribution in [3.63, 3.8) is 0 Å². The van der Waals surface area contributed by atoms with E-state index in [2.05, 4.69) is 10.2 Å². The van der Waals surface area contributed by atoms with Crippen LogP contribution in [0.3, 0.4) is 0 Å². The molecule has 2 amide bonds. The molecule has 4 N–H and O–H groups in total. The lowest BCUT2D eigenvalue weighted by molar-refractivity contribution is -0.146. The summed E-state index contributed by atoms with van der Waals surface area (Å²) in [5.74, 6) is -0.109. The molecule has 0 unspecified atom stereocenters. The predicted molar refractivity (Wildman–Crippen MR) is 115 cm³/mol. The number of nitrogens with zero attached hydrogens (tertiary/aromatic N) is 2.